The molecule has 2 aromatic rings. The number of aryl methyl sites for hydroxylation is 1. The van der Waals surface area contributed by atoms with E-state index in [9.17, 15) is 14.4 Å². The number of nitrogens with one attached hydrogen (secondary N) is 1. The van der Waals surface area contributed by atoms with E-state index < -0.39 is 11.2 Å². The number of hydrogen-bond donors (Lipinski definition) is 2. The Bertz CT molecular complexity index is 1080. The lowest BCUT2D eigenvalue weighted by atomic mass is 10.0. The summed E-state index contributed by atoms with van der Waals surface area (Å²) < 4.78 is 1.39. The first-order chi connectivity index (χ1) is 15.5. The number of anilines is 3. The van der Waals surface area contributed by atoms with E-state index in [1.165, 1.54) is 10.1 Å². The Kier molecular flexibility index (Phi) is 6.67. The molecule has 1 aromatic heterocycles. The lowest BCUT2D eigenvalue weighted by molar-refractivity contribution is -0.117. The summed E-state index contributed by atoms with van der Waals surface area (Å²) in [5.74, 6) is -0.0574. The predicted molar refractivity (Wildman–Crippen MR) is 127 cm³/mol. The summed E-state index contributed by atoms with van der Waals surface area (Å²) in [6.07, 6.45) is 7.31. The van der Waals surface area contributed by atoms with Gasteiger partial charge in [0, 0.05) is 24.8 Å². The largest absolute Gasteiger partial charge is 0.383 e. The fraction of sp³-hybridized carbons (Fsp3) is 0.542. The molecule has 1 aliphatic carbocycles. The summed E-state index contributed by atoms with van der Waals surface area (Å²) in [7, 11) is 0. The highest BCUT2D eigenvalue weighted by Crippen LogP contribution is 2.31. The second kappa shape index (κ2) is 9.63. The van der Waals surface area contributed by atoms with Crippen molar-refractivity contribution in [1.29, 1.82) is 0 Å². The Balaban J connectivity index is 1.71. The number of carbonyl (C=O) groups excluding carboxylic acids is 1. The Morgan fingerprint density at radius 3 is 2.69 bits per heavy atom. The molecule has 172 valence electrons. The van der Waals surface area contributed by atoms with E-state index in [4.69, 9.17) is 5.73 Å². The number of hydrogen-bond acceptors (Lipinski definition) is 5. The van der Waals surface area contributed by atoms with E-state index in [0.717, 1.165) is 63.6 Å². The van der Waals surface area contributed by atoms with Crippen LogP contribution in [0.4, 0.5) is 17.2 Å². The van der Waals surface area contributed by atoms with Crippen molar-refractivity contribution in [2.75, 3.05) is 28.6 Å². The van der Waals surface area contributed by atoms with E-state index in [0.29, 0.717) is 6.54 Å². The van der Waals surface area contributed by atoms with Crippen LogP contribution >= 0.6 is 0 Å². The van der Waals surface area contributed by atoms with Gasteiger partial charge in [-0.2, -0.15) is 0 Å². The highest BCUT2D eigenvalue weighted by Gasteiger charge is 2.33. The van der Waals surface area contributed by atoms with Crippen molar-refractivity contribution < 1.29 is 4.79 Å². The fourth-order valence-corrected chi connectivity index (χ4v) is 5.04. The standard InChI is InChI=1S/C24H33N5O3/c1-2-3-15-28-22(25)21(23(31)26-24(28)32)29(18-11-5-6-12-18)20(30)16-27-14-8-10-17-9-4-7-13-19(17)27/h4,7,9,13,18H,2-3,5-6,8,10-12,14-16,25H2,1H3,(H,26,31,32). The number of aromatic nitrogens is 2. The van der Waals surface area contributed by atoms with Crippen LogP contribution in [0.1, 0.15) is 57.4 Å². The SMILES string of the molecule is CCCCn1c(N)c(N(C(=O)CN2CCCc3ccccc32)C2CCCC2)c(=O)[nH]c1=O. The third-order valence-electron chi connectivity index (χ3n) is 6.68. The molecule has 1 aromatic carbocycles. The molecule has 4 rings (SSSR count). The Morgan fingerprint density at radius 1 is 1.19 bits per heavy atom. The van der Waals surface area contributed by atoms with E-state index >= 15 is 0 Å². The van der Waals surface area contributed by atoms with Crippen LogP contribution in [-0.4, -0.2) is 34.6 Å². The van der Waals surface area contributed by atoms with Crippen molar-refractivity contribution in [3.05, 3.63) is 50.7 Å². The molecule has 1 fully saturated rings. The minimum absolute atomic E-state index is 0.0805. The molecule has 0 spiro atoms. The average molecular weight is 440 g/mol. The minimum atomic E-state index is -0.584. The number of rotatable bonds is 7. The predicted octanol–water partition coefficient (Wildman–Crippen LogP) is 2.65. The lowest BCUT2D eigenvalue weighted by Gasteiger charge is -2.35. The molecule has 8 heteroatoms. The number of para-hydroxylation sites is 1. The van der Waals surface area contributed by atoms with E-state index in [-0.39, 0.29) is 30.0 Å². The van der Waals surface area contributed by atoms with Crippen molar-refractivity contribution in [1.82, 2.24) is 9.55 Å². The zero-order valence-corrected chi connectivity index (χ0v) is 18.8. The Hall–Kier alpha value is -3.03. The molecule has 2 heterocycles. The molecule has 0 atom stereocenters. The maximum absolute atomic E-state index is 13.7. The molecule has 1 aliphatic heterocycles. The Morgan fingerprint density at radius 2 is 1.94 bits per heavy atom. The summed E-state index contributed by atoms with van der Waals surface area (Å²) in [5, 5.41) is 0. The summed E-state index contributed by atoms with van der Waals surface area (Å²) in [5.41, 5.74) is 7.72. The lowest BCUT2D eigenvalue weighted by Crippen LogP contribution is -2.49. The number of nitrogens with zero attached hydrogens (tertiary/aromatic N) is 3. The minimum Gasteiger partial charge on any atom is -0.383 e. The molecule has 0 saturated heterocycles. The molecule has 32 heavy (non-hydrogen) atoms. The molecule has 2 aliphatic rings. The number of fused-ring (bicyclic) bond motifs is 1. The van der Waals surface area contributed by atoms with Crippen LogP contribution in [0.2, 0.25) is 0 Å². The van der Waals surface area contributed by atoms with Crippen molar-refractivity contribution in [2.45, 2.75) is 70.9 Å². The van der Waals surface area contributed by atoms with Crippen LogP contribution in [0.15, 0.2) is 33.9 Å². The second-order valence-electron chi connectivity index (χ2n) is 8.85. The van der Waals surface area contributed by atoms with Crippen molar-refractivity contribution in [3.8, 4) is 0 Å². The third kappa shape index (κ3) is 4.31. The number of H-pyrrole nitrogens is 1. The normalized spacial score (nSPS) is 16.2. The molecule has 1 amide bonds. The second-order valence-corrected chi connectivity index (χ2v) is 8.85. The van der Waals surface area contributed by atoms with Crippen LogP contribution < -0.4 is 26.8 Å². The maximum Gasteiger partial charge on any atom is 0.330 e. The Labute approximate surface area is 188 Å². The topological polar surface area (TPSA) is 104 Å². The van der Waals surface area contributed by atoms with Gasteiger partial charge in [-0.05, 0) is 43.7 Å². The number of amides is 1. The van der Waals surface area contributed by atoms with Crippen molar-refractivity contribution in [2.24, 2.45) is 0 Å². The zero-order chi connectivity index (χ0) is 22.7. The van der Waals surface area contributed by atoms with Gasteiger partial charge in [0.15, 0.2) is 5.69 Å². The average Bonchev–Trinajstić information content (AvgIpc) is 3.31. The van der Waals surface area contributed by atoms with Crippen LogP contribution in [0.5, 0.6) is 0 Å². The van der Waals surface area contributed by atoms with Crippen LogP contribution in [-0.2, 0) is 17.8 Å². The molecule has 1 saturated carbocycles. The molecular formula is C24H33N5O3. The van der Waals surface area contributed by atoms with Crippen molar-refractivity contribution in [3.63, 3.8) is 0 Å². The highest BCUT2D eigenvalue weighted by molar-refractivity contribution is 5.99. The van der Waals surface area contributed by atoms with Gasteiger partial charge in [-0.15, -0.1) is 0 Å². The van der Waals surface area contributed by atoms with Crippen LogP contribution in [0.25, 0.3) is 0 Å². The quantitative estimate of drug-likeness (QED) is 0.690. The smallest absolute Gasteiger partial charge is 0.330 e. The number of nitrogens with two attached hydrogens (primary N) is 1. The molecular weight excluding hydrogens is 406 g/mol. The first-order valence-electron chi connectivity index (χ1n) is 11.8. The van der Waals surface area contributed by atoms with Gasteiger partial charge in [0.1, 0.15) is 5.82 Å². The first kappa shape index (κ1) is 22.2. The summed E-state index contributed by atoms with van der Waals surface area (Å²) >= 11 is 0. The molecule has 8 nitrogen and oxygen atoms in total. The number of carbonyl (C=O) groups is 1. The molecule has 0 radical (unpaired) electrons. The number of unbranched alkanes of at least 4 members (excludes halogenated alkanes) is 1. The summed E-state index contributed by atoms with van der Waals surface area (Å²) in [6.45, 7) is 3.42. The van der Waals surface area contributed by atoms with Gasteiger partial charge in [-0.1, -0.05) is 44.4 Å². The van der Waals surface area contributed by atoms with E-state index in [2.05, 4.69) is 16.0 Å². The fourth-order valence-electron chi connectivity index (χ4n) is 5.04. The van der Waals surface area contributed by atoms with E-state index in [1.807, 2.05) is 25.1 Å². The number of nitrogen functional groups attached to an aromatic ring is 1. The van der Waals surface area contributed by atoms with Gasteiger partial charge in [-0.3, -0.25) is 24.0 Å². The number of aromatic amines is 1. The van der Waals surface area contributed by atoms with Crippen molar-refractivity contribution >= 4 is 23.1 Å². The molecule has 0 bridgehead atoms. The van der Waals surface area contributed by atoms with Gasteiger partial charge >= 0.3 is 5.69 Å². The molecule has 3 N–H and O–H groups in total. The number of benzene rings is 1. The van der Waals surface area contributed by atoms with Crippen LogP contribution in [0, 0.1) is 0 Å². The monoisotopic (exact) mass is 439 g/mol. The van der Waals surface area contributed by atoms with E-state index in [1.54, 1.807) is 4.90 Å². The highest BCUT2D eigenvalue weighted by atomic mass is 16.2. The van der Waals surface area contributed by atoms with Gasteiger partial charge in [-0.25, -0.2) is 4.79 Å². The van der Waals surface area contributed by atoms with Gasteiger partial charge < -0.3 is 10.6 Å². The van der Waals surface area contributed by atoms with Gasteiger partial charge in [0.2, 0.25) is 5.91 Å². The summed E-state index contributed by atoms with van der Waals surface area (Å²) in [6, 6.07) is 8.08. The van der Waals surface area contributed by atoms with Gasteiger partial charge in [0.25, 0.3) is 5.56 Å². The zero-order valence-electron chi connectivity index (χ0n) is 18.8. The summed E-state index contributed by atoms with van der Waals surface area (Å²) in [4.78, 5) is 45.1. The van der Waals surface area contributed by atoms with Crippen LogP contribution in [0.3, 0.4) is 0 Å². The maximum atomic E-state index is 13.7. The third-order valence-corrected chi connectivity index (χ3v) is 6.68. The first-order valence-corrected chi connectivity index (χ1v) is 11.8. The van der Waals surface area contributed by atoms with Gasteiger partial charge in [0.05, 0.1) is 6.54 Å². The molecule has 0 unspecified atom stereocenters.